The van der Waals surface area contributed by atoms with Gasteiger partial charge in [-0.15, -0.1) is 11.3 Å². The lowest BCUT2D eigenvalue weighted by Gasteiger charge is -2.23. The van der Waals surface area contributed by atoms with E-state index in [4.69, 9.17) is 4.74 Å². The van der Waals surface area contributed by atoms with Crippen LogP contribution in [0.15, 0.2) is 53.9 Å². The van der Waals surface area contributed by atoms with Crippen molar-refractivity contribution in [2.24, 2.45) is 0 Å². The minimum atomic E-state index is -0.0615. The van der Waals surface area contributed by atoms with Gasteiger partial charge in [0.15, 0.2) is 0 Å². The molecule has 1 unspecified atom stereocenters. The van der Waals surface area contributed by atoms with Crippen molar-refractivity contribution in [3.63, 3.8) is 0 Å². The Labute approximate surface area is 134 Å². The second kappa shape index (κ2) is 6.48. The smallest absolute Gasteiger partial charge is 0.118 e. The molecule has 1 heterocycles. The second-order valence-corrected chi connectivity index (χ2v) is 6.29. The first kappa shape index (κ1) is 15.0. The summed E-state index contributed by atoms with van der Waals surface area (Å²) in [5.41, 5.74) is 2.17. The molecule has 114 valence electrons. The van der Waals surface area contributed by atoms with E-state index in [2.05, 4.69) is 29.6 Å². The van der Waals surface area contributed by atoms with Crippen LogP contribution in [-0.4, -0.2) is 17.4 Å². The van der Waals surface area contributed by atoms with E-state index in [-0.39, 0.29) is 6.04 Å². The molecule has 0 aliphatic carbocycles. The van der Waals surface area contributed by atoms with Gasteiger partial charge in [-0.3, -0.25) is 0 Å². The molecule has 0 aliphatic rings. The summed E-state index contributed by atoms with van der Waals surface area (Å²) in [6.45, 7) is 2.49. The van der Waals surface area contributed by atoms with Crippen molar-refractivity contribution >= 4 is 21.4 Å². The summed E-state index contributed by atoms with van der Waals surface area (Å²) < 4.78 is 6.40. The number of fused-ring (bicyclic) bond motifs is 1. The highest BCUT2D eigenvalue weighted by molar-refractivity contribution is 7.17. The average Bonchev–Trinajstić information content (AvgIpc) is 3.02. The van der Waals surface area contributed by atoms with E-state index in [1.165, 1.54) is 15.1 Å². The number of hydrogen-bond acceptors (Lipinski definition) is 4. The molecule has 3 nitrogen and oxygen atoms in total. The Morgan fingerprint density at radius 2 is 1.91 bits per heavy atom. The number of benzene rings is 2. The van der Waals surface area contributed by atoms with E-state index in [0.29, 0.717) is 6.54 Å². The Bertz CT molecular complexity index is 751. The van der Waals surface area contributed by atoms with Crippen LogP contribution in [0.5, 0.6) is 5.75 Å². The van der Waals surface area contributed by atoms with E-state index < -0.39 is 0 Å². The van der Waals surface area contributed by atoms with Crippen molar-refractivity contribution in [3.05, 3.63) is 65.0 Å². The lowest BCUT2D eigenvalue weighted by Crippen LogP contribution is -2.22. The van der Waals surface area contributed by atoms with Gasteiger partial charge in [-0.1, -0.05) is 24.3 Å². The molecular formula is C18H19NO2S. The third-order valence-electron chi connectivity index (χ3n) is 3.91. The molecule has 2 aromatic carbocycles. The van der Waals surface area contributed by atoms with Crippen LogP contribution in [0.25, 0.3) is 10.1 Å². The third-order valence-corrected chi connectivity index (χ3v) is 4.79. The van der Waals surface area contributed by atoms with Gasteiger partial charge in [0.05, 0.1) is 13.2 Å². The Balaban J connectivity index is 1.73. The molecule has 0 radical (unpaired) electrons. The van der Waals surface area contributed by atoms with Crippen LogP contribution < -0.4 is 4.74 Å². The number of methoxy groups -OCH3 is 1. The monoisotopic (exact) mass is 313 g/mol. The number of ether oxygens (including phenoxy) is 1. The van der Waals surface area contributed by atoms with E-state index in [1.807, 2.05) is 31.2 Å². The number of hydrogen-bond donors (Lipinski definition) is 1. The zero-order chi connectivity index (χ0) is 15.5. The minimum Gasteiger partial charge on any atom is -0.497 e. The maximum atomic E-state index is 10.4. The zero-order valence-corrected chi connectivity index (χ0v) is 13.5. The van der Waals surface area contributed by atoms with Gasteiger partial charge in [0, 0.05) is 11.2 Å². The number of thiophene rings is 1. The molecule has 22 heavy (non-hydrogen) atoms. The normalized spacial score (nSPS) is 12.7. The number of nitrogens with zero attached hydrogens (tertiary/aromatic N) is 1. The first-order valence-electron chi connectivity index (χ1n) is 7.23. The van der Waals surface area contributed by atoms with Crippen molar-refractivity contribution in [1.82, 2.24) is 5.06 Å². The largest absolute Gasteiger partial charge is 0.497 e. The molecule has 3 rings (SSSR count). The molecule has 0 spiro atoms. The zero-order valence-electron chi connectivity index (χ0n) is 12.7. The maximum Gasteiger partial charge on any atom is 0.118 e. The van der Waals surface area contributed by atoms with E-state index >= 15 is 0 Å². The molecule has 0 fully saturated rings. The van der Waals surface area contributed by atoms with Crippen molar-refractivity contribution in [2.45, 2.75) is 19.5 Å². The first-order valence-corrected chi connectivity index (χ1v) is 8.11. The fourth-order valence-electron chi connectivity index (χ4n) is 2.46. The van der Waals surface area contributed by atoms with E-state index in [0.717, 1.165) is 16.9 Å². The van der Waals surface area contributed by atoms with E-state index in [9.17, 15) is 5.21 Å². The number of rotatable bonds is 5. The summed E-state index contributed by atoms with van der Waals surface area (Å²) >= 11 is 1.72. The van der Waals surface area contributed by atoms with Gasteiger partial charge in [0.2, 0.25) is 0 Å². The van der Waals surface area contributed by atoms with Crippen LogP contribution in [0.3, 0.4) is 0 Å². The quantitative estimate of drug-likeness (QED) is 0.683. The van der Waals surface area contributed by atoms with Crippen molar-refractivity contribution in [2.75, 3.05) is 7.11 Å². The van der Waals surface area contributed by atoms with E-state index in [1.54, 1.807) is 18.4 Å². The second-order valence-electron chi connectivity index (χ2n) is 5.34. The number of hydroxylamine groups is 2. The summed E-state index contributed by atoms with van der Waals surface area (Å²) in [4.78, 5) is 0. The predicted octanol–water partition coefficient (Wildman–Crippen LogP) is 4.86. The maximum absolute atomic E-state index is 10.4. The molecule has 1 atom stereocenters. The van der Waals surface area contributed by atoms with Crippen molar-refractivity contribution in [1.29, 1.82) is 0 Å². The fraction of sp³-hybridized carbons (Fsp3) is 0.222. The lowest BCUT2D eigenvalue weighted by molar-refractivity contribution is -0.132. The highest BCUT2D eigenvalue weighted by Gasteiger charge is 2.14. The molecule has 3 aromatic rings. The highest BCUT2D eigenvalue weighted by atomic mass is 32.1. The Hall–Kier alpha value is -1.88. The van der Waals surface area contributed by atoms with Crippen molar-refractivity contribution < 1.29 is 9.94 Å². The molecule has 4 heteroatoms. The molecule has 0 saturated carbocycles. The molecule has 0 aliphatic heterocycles. The van der Waals surface area contributed by atoms with Gasteiger partial charge in [0.1, 0.15) is 5.75 Å². The van der Waals surface area contributed by atoms with Crippen LogP contribution in [0.1, 0.15) is 24.1 Å². The highest BCUT2D eigenvalue weighted by Crippen LogP contribution is 2.27. The van der Waals surface area contributed by atoms with Gasteiger partial charge < -0.3 is 9.94 Å². The third kappa shape index (κ3) is 3.14. The Morgan fingerprint density at radius 3 is 2.64 bits per heavy atom. The van der Waals surface area contributed by atoms with Crippen LogP contribution in [0, 0.1) is 0 Å². The van der Waals surface area contributed by atoms with Gasteiger partial charge in [-0.2, -0.15) is 5.06 Å². The molecule has 1 aromatic heterocycles. The first-order chi connectivity index (χ1) is 10.7. The Morgan fingerprint density at radius 1 is 1.14 bits per heavy atom. The summed E-state index contributed by atoms with van der Waals surface area (Å²) in [6, 6.07) is 16.2. The van der Waals surface area contributed by atoms with Gasteiger partial charge in [0.25, 0.3) is 0 Å². The molecule has 0 bridgehead atoms. The SMILES string of the molecule is COc1ccc(CN(O)C(C)c2ccc3ccsc3c2)cc1. The summed E-state index contributed by atoms with van der Waals surface area (Å²) in [5, 5.41) is 15.1. The fourth-order valence-corrected chi connectivity index (χ4v) is 3.30. The Kier molecular flexibility index (Phi) is 4.43. The van der Waals surface area contributed by atoms with Gasteiger partial charge in [-0.25, -0.2) is 0 Å². The average molecular weight is 313 g/mol. The topological polar surface area (TPSA) is 32.7 Å². The van der Waals surface area contributed by atoms with Gasteiger partial charge >= 0.3 is 0 Å². The molecular weight excluding hydrogens is 294 g/mol. The van der Waals surface area contributed by atoms with Crippen molar-refractivity contribution in [3.8, 4) is 5.75 Å². The van der Waals surface area contributed by atoms with Gasteiger partial charge in [-0.05, 0) is 53.1 Å². The summed E-state index contributed by atoms with van der Waals surface area (Å²) in [5.74, 6) is 0.824. The molecule has 0 amide bonds. The predicted molar refractivity (Wildman–Crippen MR) is 90.6 cm³/mol. The standard InChI is InChI=1S/C18H19NO2S/c1-13(16-6-5-15-9-10-22-18(15)11-16)19(20)12-14-3-7-17(21-2)8-4-14/h3-11,13,20H,12H2,1-2H3. The van der Waals surface area contributed by atoms with Crippen LogP contribution in [0.2, 0.25) is 0 Å². The summed E-state index contributed by atoms with van der Waals surface area (Å²) in [6.07, 6.45) is 0. The minimum absolute atomic E-state index is 0.0615. The van der Waals surface area contributed by atoms with Crippen LogP contribution >= 0.6 is 11.3 Å². The lowest BCUT2D eigenvalue weighted by atomic mass is 10.1. The molecule has 1 N–H and O–H groups in total. The van der Waals surface area contributed by atoms with Crippen LogP contribution in [-0.2, 0) is 6.54 Å². The molecule has 0 saturated heterocycles. The summed E-state index contributed by atoms with van der Waals surface area (Å²) in [7, 11) is 1.65. The van der Waals surface area contributed by atoms with Crippen LogP contribution in [0.4, 0.5) is 0 Å².